The number of nitrogens with one attached hydrogen (secondary N) is 1. The van der Waals surface area contributed by atoms with Crippen LogP contribution in [0.25, 0.3) is 0 Å². The van der Waals surface area contributed by atoms with Crippen molar-refractivity contribution in [1.29, 1.82) is 0 Å². The Morgan fingerprint density at radius 3 is 2.05 bits per heavy atom. The van der Waals surface area contributed by atoms with E-state index in [4.69, 9.17) is 9.47 Å². The van der Waals surface area contributed by atoms with Crippen LogP contribution < -0.4 is 14.8 Å². The van der Waals surface area contributed by atoms with Crippen molar-refractivity contribution in [3.05, 3.63) is 131 Å². The van der Waals surface area contributed by atoms with E-state index in [1.54, 1.807) is 7.11 Å². The van der Waals surface area contributed by atoms with Crippen molar-refractivity contribution in [1.82, 2.24) is 15.1 Å². The zero-order valence-corrected chi connectivity index (χ0v) is 26.5. The molecule has 5 rings (SSSR count). The maximum absolute atomic E-state index is 6.05. The average molecular weight is 592 g/mol. The van der Waals surface area contributed by atoms with Gasteiger partial charge in [0.2, 0.25) is 0 Å². The highest BCUT2D eigenvalue weighted by molar-refractivity contribution is 5.43. The molecule has 44 heavy (non-hydrogen) atoms. The third kappa shape index (κ3) is 9.43. The summed E-state index contributed by atoms with van der Waals surface area (Å²) in [5.74, 6) is 2.00. The smallest absolute Gasteiger partial charge is 0.161 e. The summed E-state index contributed by atoms with van der Waals surface area (Å²) in [6.07, 6.45) is 3.58. The van der Waals surface area contributed by atoms with E-state index in [1.165, 1.54) is 29.5 Å². The number of likely N-dealkylation sites (tertiary alicyclic amines) is 1. The van der Waals surface area contributed by atoms with Crippen molar-refractivity contribution in [2.24, 2.45) is 0 Å². The van der Waals surface area contributed by atoms with E-state index in [1.807, 2.05) is 24.3 Å². The maximum atomic E-state index is 6.05. The predicted molar refractivity (Wildman–Crippen MR) is 182 cm³/mol. The molecule has 0 aliphatic carbocycles. The summed E-state index contributed by atoms with van der Waals surface area (Å²) in [5, 5.41) is 3.87. The van der Waals surface area contributed by atoms with Crippen molar-refractivity contribution < 1.29 is 9.47 Å². The van der Waals surface area contributed by atoms with Gasteiger partial charge in [0.15, 0.2) is 11.5 Å². The molecule has 0 unspecified atom stereocenters. The van der Waals surface area contributed by atoms with Crippen LogP contribution in [0.3, 0.4) is 0 Å². The monoisotopic (exact) mass is 591 g/mol. The van der Waals surface area contributed by atoms with E-state index in [0.29, 0.717) is 18.6 Å². The summed E-state index contributed by atoms with van der Waals surface area (Å²) in [6.45, 7) is 10.2. The quantitative estimate of drug-likeness (QED) is 0.138. The maximum Gasteiger partial charge on any atom is 0.161 e. The molecule has 0 spiro atoms. The Hall–Kier alpha value is -3.64. The van der Waals surface area contributed by atoms with Crippen LogP contribution in [0.4, 0.5) is 0 Å². The molecule has 0 amide bonds. The molecule has 5 heteroatoms. The van der Waals surface area contributed by atoms with Crippen molar-refractivity contribution in [2.45, 2.75) is 51.3 Å². The van der Waals surface area contributed by atoms with E-state index in [9.17, 15) is 0 Å². The number of hydrogen-bond acceptors (Lipinski definition) is 5. The summed E-state index contributed by atoms with van der Waals surface area (Å²) in [5.41, 5.74) is 5.21. The minimum Gasteiger partial charge on any atom is -0.493 e. The van der Waals surface area contributed by atoms with Gasteiger partial charge in [-0.1, -0.05) is 104 Å². The molecule has 4 aromatic rings. The summed E-state index contributed by atoms with van der Waals surface area (Å²) >= 11 is 0. The minimum atomic E-state index is 0.417. The van der Waals surface area contributed by atoms with Gasteiger partial charge in [-0.05, 0) is 86.4 Å². The van der Waals surface area contributed by atoms with Gasteiger partial charge in [0, 0.05) is 25.0 Å². The molecule has 5 nitrogen and oxygen atoms in total. The van der Waals surface area contributed by atoms with E-state index in [2.05, 4.69) is 107 Å². The minimum absolute atomic E-state index is 0.417. The van der Waals surface area contributed by atoms with Gasteiger partial charge in [-0.2, -0.15) is 0 Å². The SMILES string of the molecule is CCN(CCCNC1CCN(CC(c2ccccc2)c2ccccc2)CC1)Cc1ccc(OCc2ccccc2)c(OC)c1. The molecule has 1 N–H and O–H groups in total. The highest BCUT2D eigenvalue weighted by Crippen LogP contribution is 2.30. The second-order valence-corrected chi connectivity index (χ2v) is 11.9. The molecular formula is C39H49N3O2. The van der Waals surface area contributed by atoms with Gasteiger partial charge in [0.25, 0.3) is 0 Å². The van der Waals surface area contributed by atoms with Crippen LogP contribution in [-0.4, -0.2) is 62.2 Å². The number of ether oxygens (including phenoxy) is 2. The first-order valence-corrected chi connectivity index (χ1v) is 16.3. The van der Waals surface area contributed by atoms with Gasteiger partial charge >= 0.3 is 0 Å². The van der Waals surface area contributed by atoms with Crippen LogP contribution in [0.2, 0.25) is 0 Å². The molecule has 0 bridgehead atoms. The van der Waals surface area contributed by atoms with Gasteiger partial charge in [0.05, 0.1) is 7.11 Å². The molecule has 1 fully saturated rings. The second kappa shape index (κ2) is 17.0. The number of rotatable bonds is 16. The van der Waals surface area contributed by atoms with Crippen molar-refractivity contribution in [3.63, 3.8) is 0 Å². The molecule has 0 saturated carbocycles. The van der Waals surface area contributed by atoms with Crippen molar-refractivity contribution >= 4 is 0 Å². The third-order valence-corrected chi connectivity index (χ3v) is 8.83. The van der Waals surface area contributed by atoms with Crippen LogP contribution in [0.1, 0.15) is 54.4 Å². The molecule has 0 radical (unpaired) electrons. The van der Waals surface area contributed by atoms with Crippen molar-refractivity contribution in [3.8, 4) is 11.5 Å². The Kier molecular flexibility index (Phi) is 12.3. The summed E-state index contributed by atoms with van der Waals surface area (Å²) in [4.78, 5) is 5.17. The lowest BCUT2D eigenvalue weighted by molar-refractivity contribution is 0.191. The lowest BCUT2D eigenvalue weighted by Crippen LogP contribution is -2.44. The number of benzene rings is 4. The van der Waals surface area contributed by atoms with Crippen LogP contribution in [0.5, 0.6) is 11.5 Å². The number of nitrogens with zero attached hydrogens (tertiary/aromatic N) is 2. The molecule has 4 aromatic carbocycles. The first-order valence-electron chi connectivity index (χ1n) is 16.3. The molecule has 1 saturated heterocycles. The fourth-order valence-electron chi connectivity index (χ4n) is 6.23. The normalized spacial score (nSPS) is 14.3. The lowest BCUT2D eigenvalue weighted by Gasteiger charge is -2.35. The predicted octanol–water partition coefficient (Wildman–Crippen LogP) is 7.37. The van der Waals surface area contributed by atoms with Gasteiger partial charge < -0.3 is 19.7 Å². The van der Waals surface area contributed by atoms with E-state index < -0.39 is 0 Å². The standard InChI is InChI=1S/C39H49N3O2/c1-3-41(29-33-20-21-38(39(28-33)43-2)44-31-32-14-7-4-8-15-32)25-13-24-40-36-22-26-42(27-23-36)30-37(34-16-9-5-10-17-34)35-18-11-6-12-19-35/h4-12,14-21,28,36-37,40H,3,13,22-27,29-31H2,1-2H3. The highest BCUT2D eigenvalue weighted by Gasteiger charge is 2.23. The summed E-state index contributed by atoms with van der Waals surface area (Å²) in [7, 11) is 1.72. The zero-order valence-electron chi connectivity index (χ0n) is 26.5. The third-order valence-electron chi connectivity index (χ3n) is 8.83. The fourth-order valence-corrected chi connectivity index (χ4v) is 6.23. The fraction of sp³-hybridized carbons (Fsp3) is 0.385. The molecule has 1 aliphatic heterocycles. The van der Waals surface area contributed by atoms with Crippen molar-refractivity contribution in [2.75, 3.05) is 46.4 Å². The van der Waals surface area contributed by atoms with Crippen LogP contribution in [0.15, 0.2) is 109 Å². The van der Waals surface area contributed by atoms with Crippen LogP contribution in [0, 0.1) is 0 Å². The molecule has 232 valence electrons. The summed E-state index contributed by atoms with van der Waals surface area (Å²) in [6, 6.07) is 39.2. The largest absolute Gasteiger partial charge is 0.493 e. The Balaban J connectivity index is 1.03. The number of methoxy groups -OCH3 is 1. The van der Waals surface area contributed by atoms with E-state index in [0.717, 1.165) is 69.3 Å². The molecule has 0 aromatic heterocycles. The van der Waals surface area contributed by atoms with Crippen LogP contribution in [-0.2, 0) is 13.2 Å². The summed E-state index contributed by atoms with van der Waals surface area (Å²) < 4.78 is 11.7. The highest BCUT2D eigenvalue weighted by atomic mass is 16.5. The molecule has 1 heterocycles. The first kappa shape index (κ1) is 31.8. The molecular weight excluding hydrogens is 542 g/mol. The second-order valence-electron chi connectivity index (χ2n) is 11.9. The first-order chi connectivity index (χ1) is 21.7. The van der Waals surface area contributed by atoms with E-state index >= 15 is 0 Å². The topological polar surface area (TPSA) is 37.0 Å². The average Bonchev–Trinajstić information content (AvgIpc) is 3.09. The number of piperidine rings is 1. The van der Waals surface area contributed by atoms with Gasteiger partial charge in [-0.3, -0.25) is 4.90 Å². The number of hydrogen-bond donors (Lipinski definition) is 1. The van der Waals surface area contributed by atoms with Gasteiger partial charge in [-0.15, -0.1) is 0 Å². The molecule has 1 aliphatic rings. The Labute approximate surface area is 264 Å². The zero-order chi connectivity index (χ0) is 30.4. The Bertz CT molecular complexity index is 1320. The lowest BCUT2D eigenvalue weighted by atomic mass is 9.90. The van der Waals surface area contributed by atoms with Gasteiger partial charge in [0.1, 0.15) is 6.61 Å². The Morgan fingerprint density at radius 2 is 1.43 bits per heavy atom. The Morgan fingerprint density at radius 1 is 0.795 bits per heavy atom. The van der Waals surface area contributed by atoms with Crippen LogP contribution >= 0.6 is 0 Å². The van der Waals surface area contributed by atoms with Gasteiger partial charge in [-0.25, -0.2) is 0 Å². The van der Waals surface area contributed by atoms with E-state index in [-0.39, 0.29) is 0 Å². The molecule has 0 atom stereocenters.